The third kappa shape index (κ3) is 2.74. The van der Waals surface area contributed by atoms with E-state index in [2.05, 4.69) is 17.1 Å². The second-order valence-corrected chi connectivity index (χ2v) is 7.19. The lowest BCUT2D eigenvalue weighted by Crippen LogP contribution is -2.22. The van der Waals surface area contributed by atoms with Crippen LogP contribution in [0.15, 0.2) is 36.1 Å². The van der Waals surface area contributed by atoms with Crippen molar-refractivity contribution in [3.8, 4) is 11.3 Å². The minimum atomic E-state index is 0.0552. The van der Waals surface area contributed by atoms with Crippen LogP contribution in [0.2, 0.25) is 5.15 Å². The number of Topliss-reactive ketones (excluding diaryl/α,β-unsaturated/α-hetero) is 1. The molecule has 4 nitrogen and oxygen atoms in total. The zero-order chi connectivity index (χ0) is 17.6. The molecule has 2 aliphatic rings. The lowest BCUT2D eigenvalue weighted by atomic mass is 9.81. The predicted molar refractivity (Wildman–Crippen MR) is 97.2 cm³/mol. The fourth-order valence-corrected chi connectivity index (χ4v) is 4.12. The summed E-state index contributed by atoms with van der Waals surface area (Å²) in [6.45, 7) is 2.06. The number of rotatable bonds is 3. The Balaban J connectivity index is 1.86. The van der Waals surface area contributed by atoms with E-state index in [1.807, 2.05) is 18.2 Å². The van der Waals surface area contributed by atoms with Crippen LogP contribution in [0.3, 0.4) is 0 Å². The highest BCUT2D eigenvalue weighted by Crippen LogP contribution is 2.46. The first-order valence-corrected chi connectivity index (χ1v) is 9.06. The molecule has 0 radical (unpaired) electrons. The van der Waals surface area contributed by atoms with Gasteiger partial charge in [0.2, 0.25) is 0 Å². The van der Waals surface area contributed by atoms with Gasteiger partial charge in [0.15, 0.2) is 10.9 Å². The Morgan fingerprint density at radius 1 is 1.16 bits per heavy atom. The normalized spacial score (nSPS) is 22.6. The first-order valence-electron chi connectivity index (χ1n) is 8.68. The number of aryl methyl sites for hydroxylation is 1. The van der Waals surface area contributed by atoms with Crippen molar-refractivity contribution in [2.45, 2.75) is 32.6 Å². The molecular formula is C20H19ClN2O2. The number of ketones is 1. The molecular weight excluding hydrogens is 336 g/mol. The average Bonchev–Trinajstić information content (AvgIpc) is 3.08. The van der Waals surface area contributed by atoms with Crippen LogP contribution in [0.25, 0.3) is 16.8 Å². The van der Waals surface area contributed by atoms with Gasteiger partial charge in [-0.1, -0.05) is 30.7 Å². The first kappa shape index (κ1) is 16.3. The lowest BCUT2D eigenvalue weighted by molar-refractivity contribution is -0.117. The van der Waals surface area contributed by atoms with E-state index in [1.54, 1.807) is 12.1 Å². The van der Waals surface area contributed by atoms with E-state index >= 15 is 0 Å². The van der Waals surface area contributed by atoms with Crippen molar-refractivity contribution >= 4 is 23.0 Å². The largest absolute Gasteiger partial charge is 0.511 e. The van der Waals surface area contributed by atoms with Crippen molar-refractivity contribution in [1.82, 2.24) is 10.2 Å². The fourth-order valence-electron chi connectivity index (χ4n) is 4.02. The van der Waals surface area contributed by atoms with Crippen LogP contribution in [0, 0.1) is 11.8 Å². The molecule has 128 valence electrons. The second-order valence-electron chi connectivity index (χ2n) is 6.80. The maximum atomic E-state index is 12.9. The second kappa shape index (κ2) is 6.26. The number of carbonyl (C=O) groups is 1. The minimum absolute atomic E-state index is 0.0552. The van der Waals surface area contributed by atoms with E-state index in [0.29, 0.717) is 16.4 Å². The molecule has 1 aromatic heterocycles. The molecule has 4 rings (SSSR count). The molecule has 1 N–H and O–H groups in total. The van der Waals surface area contributed by atoms with Crippen molar-refractivity contribution in [2.75, 3.05) is 0 Å². The van der Waals surface area contributed by atoms with Crippen LogP contribution in [0.5, 0.6) is 0 Å². The van der Waals surface area contributed by atoms with Gasteiger partial charge in [-0.05, 0) is 55.0 Å². The van der Waals surface area contributed by atoms with Gasteiger partial charge in [0.25, 0.3) is 0 Å². The van der Waals surface area contributed by atoms with Crippen molar-refractivity contribution in [2.24, 2.45) is 11.8 Å². The van der Waals surface area contributed by atoms with Gasteiger partial charge in [0, 0.05) is 17.4 Å². The highest BCUT2D eigenvalue weighted by molar-refractivity contribution is 6.29. The maximum absolute atomic E-state index is 12.9. The van der Waals surface area contributed by atoms with Crippen molar-refractivity contribution in [3.05, 3.63) is 52.4 Å². The Kier molecular flexibility index (Phi) is 4.08. The van der Waals surface area contributed by atoms with Crippen molar-refractivity contribution in [3.63, 3.8) is 0 Å². The monoisotopic (exact) mass is 354 g/mol. The zero-order valence-corrected chi connectivity index (χ0v) is 14.8. The van der Waals surface area contributed by atoms with Crippen molar-refractivity contribution in [1.29, 1.82) is 0 Å². The zero-order valence-electron chi connectivity index (χ0n) is 14.0. The molecule has 1 fully saturated rings. The summed E-state index contributed by atoms with van der Waals surface area (Å²) < 4.78 is 0. The van der Waals surface area contributed by atoms with Crippen LogP contribution in [-0.4, -0.2) is 21.1 Å². The summed E-state index contributed by atoms with van der Waals surface area (Å²) in [5.41, 5.74) is 3.96. The Morgan fingerprint density at radius 2 is 1.96 bits per heavy atom. The number of allylic oxidation sites excluding steroid dienone is 2. The van der Waals surface area contributed by atoms with E-state index < -0.39 is 0 Å². The van der Waals surface area contributed by atoms with Crippen LogP contribution >= 0.6 is 11.6 Å². The number of nitrogens with zero attached hydrogens (tertiary/aromatic N) is 2. The molecule has 0 saturated heterocycles. The molecule has 25 heavy (non-hydrogen) atoms. The molecule has 2 aromatic rings. The van der Waals surface area contributed by atoms with E-state index in [9.17, 15) is 9.90 Å². The van der Waals surface area contributed by atoms with E-state index in [-0.39, 0.29) is 23.4 Å². The van der Waals surface area contributed by atoms with E-state index in [4.69, 9.17) is 11.6 Å². The van der Waals surface area contributed by atoms with E-state index in [0.717, 1.165) is 42.4 Å². The fraction of sp³-hybridized carbons (Fsp3) is 0.350. The summed E-state index contributed by atoms with van der Waals surface area (Å²) in [4.78, 5) is 12.9. The molecule has 0 amide bonds. The van der Waals surface area contributed by atoms with Gasteiger partial charge in [-0.3, -0.25) is 4.79 Å². The summed E-state index contributed by atoms with van der Waals surface area (Å²) in [7, 11) is 0. The molecule has 0 aliphatic heterocycles. The molecule has 1 heterocycles. The SMILES string of the molecule is CCc1ccc(-c2ccc(Cl)nn2)cc1C1=C(O)[C@H]2CC[C@H](C2)C1=O. The number of halogens is 1. The third-order valence-electron chi connectivity index (χ3n) is 5.38. The Bertz CT molecular complexity index is 874. The molecule has 2 bridgehead atoms. The summed E-state index contributed by atoms with van der Waals surface area (Å²) >= 11 is 5.82. The van der Waals surface area contributed by atoms with E-state index in [1.165, 1.54) is 0 Å². The van der Waals surface area contributed by atoms with Gasteiger partial charge >= 0.3 is 0 Å². The molecule has 2 aliphatic carbocycles. The number of hydrogen-bond acceptors (Lipinski definition) is 4. The predicted octanol–water partition coefficient (Wildman–Crippen LogP) is 4.63. The number of aliphatic hydroxyl groups excluding tert-OH is 1. The standard InChI is InChI=1S/C20H19ClN2O2/c1-2-11-3-4-12(16-7-8-17(21)23-22-16)10-15(11)18-19(24)13-5-6-14(9-13)20(18)25/h3-4,7-8,10,13-14,24H,2,5-6,9H2,1H3/t13-,14+/m0/s1. The number of benzene rings is 1. The Hall–Kier alpha value is -2.20. The van der Waals surface area contributed by atoms with Gasteiger partial charge in [-0.25, -0.2) is 0 Å². The Labute approximate surface area is 151 Å². The average molecular weight is 355 g/mol. The quantitative estimate of drug-likeness (QED) is 0.873. The number of aliphatic hydroxyl groups is 1. The van der Waals surface area contributed by atoms with Crippen LogP contribution < -0.4 is 0 Å². The highest BCUT2D eigenvalue weighted by Gasteiger charge is 2.41. The number of carbonyl (C=O) groups excluding carboxylic acids is 1. The molecule has 0 spiro atoms. The van der Waals surface area contributed by atoms with Gasteiger partial charge in [-0.2, -0.15) is 0 Å². The lowest BCUT2D eigenvalue weighted by Gasteiger charge is -2.23. The number of fused-ring (bicyclic) bond motifs is 2. The summed E-state index contributed by atoms with van der Waals surface area (Å²) in [5.74, 6) is 0.536. The number of aromatic nitrogens is 2. The summed E-state index contributed by atoms with van der Waals surface area (Å²) in [5, 5.41) is 19.1. The molecule has 2 atom stereocenters. The van der Waals surface area contributed by atoms with Gasteiger partial charge in [-0.15, -0.1) is 10.2 Å². The highest BCUT2D eigenvalue weighted by atomic mass is 35.5. The maximum Gasteiger partial charge on any atom is 0.169 e. The van der Waals surface area contributed by atoms with Crippen LogP contribution in [0.1, 0.15) is 37.3 Å². The summed E-state index contributed by atoms with van der Waals surface area (Å²) in [6, 6.07) is 9.43. The van der Waals surface area contributed by atoms with Crippen molar-refractivity contribution < 1.29 is 9.90 Å². The van der Waals surface area contributed by atoms with Crippen LogP contribution in [0.4, 0.5) is 0 Å². The minimum Gasteiger partial charge on any atom is -0.511 e. The molecule has 1 saturated carbocycles. The number of hydrogen-bond donors (Lipinski definition) is 1. The third-order valence-corrected chi connectivity index (χ3v) is 5.58. The van der Waals surface area contributed by atoms with Gasteiger partial charge in [0.1, 0.15) is 5.76 Å². The smallest absolute Gasteiger partial charge is 0.169 e. The molecule has 5 heteroatoms. The molecule has 1 aromatic carbocycles. The summed E-state index contributed by atoms with van der Waals surface area (Å²) in [6.07, 6.45) is 3.36. The Morgan fingerprint density at radius 3 is 2.68 bits per heavy atom. The first-order chi connectivity index (χ1) is 12.1. The van der Waals surface area contributed by atoms with Gasteiger partial charge in [0.05, 0.1) is 11.3 Å². The topological polar surface area (TPSA) is 63.1 Å². The molecule has 0 unspecified atom stereocenters. The van der Waals surface area contributed by atoms with Gasteiger partial charge < -0.3 is 5.11 Å². The van der Waals surface area contributed by atoms with Crippen LogP contribution in [-0.2, 0) is 11.2 Å².